The van der Waals surface area contributed by atoms with Gasteiger partial charge in [-0.3, -0.25) is 4.79 Å². The fraction of sp³-hybridized carbons (Fsp3) is 0.917. The topological polar surface area (TPSA) is 32.3 Å². The van der Waals surface area contributed by atoms with Crippen molar-refractivity contribution in [2.75, 3.05) is 25.4 Å². The first kappa shape index (κ1) is 12.2. The number of carbonyl (C=O) groups is 1. The summed E-state index contributed by atoms with van der Waals surface area (Å²) in [5.41, 5.74) is 0. The summed E-state index contributed by atoms with van der Waals surface area (Å²) in [6, 6.07) is 0. The van der Waals surface area contributed by atoms with E-state index >= 15 is 0 Å². The molecule has 2 fully saturated rings. The Morgan fingerprint density at radius 3 is 2.62 bits per heavy atom. The lowest BCUT2D eigenvalue weighted by Gasteiger charge is -2.39. The molecule has 1 spiro atoms. The second-order valence-corrected chi connectivity index (χ2v) is 6.73. The molecule has 0 atom stereocenters. The second kappa shape index (κ2) is 4.96. The summed E-state index contributed by atoms with van der Waals surface area (Å²) in [6.07, 6.45) is 2.93. The zero-order chi connectivity index (χ0) is 11.6. The van der Waals surface area contributed by atoms with Crippen LogP contribution in [0, 0.1) is 5.92 Å². The van der Waals surface area contributed by atoms with Crippen LogP contribution in [0.5, 0.6) is 0 Å². The van der Waals surface area contributed by atoms with E-state index in [-0.39, 0.29) is 0 Å². The molecule has 0 bridgehead atoms. The summed E-state index contributed by atoms with van der Waals surface area (Å²) in [5.74, 6) is 2.04. The Hall–Kier alpha value is -0.220. The van der Waals surface area contributed by atoms with Crippen LogP contribution < -0.4 is 5.32 Å². The van der Waals surface area contributed by atoms with Crippen molar-refractivity contribution in [3.63, 3.8) is 0 Å². The van der Waals surface area contributed by atoms with E-state index < -0.39 is 0 Å². The highest BCUT2D eigenvalue weighted by molar-refractivity contribution is 8.00. The number of carbonyl (C=O) groups excluding carboxylic acids is 1. The molecule has 4 heteroatoms. The van der Waals surface area contributed by atoms with Gasteiger partial charge in [-0.25, -0.2) is 0 Å². The van der Waals surface area contributed by atoms with E-state index in [1.54, 1.807) is 0 Å². The van der Waals surface area contributed by atoms with E-state index in [0.717, 1.165) is 32.5 Å². The minimum absolute atomic E-state index is 0.300. The van der Waals surface area contributed by atoms with Crippen LogP contribution in [0.4, 0.5) is 0 Å². The Labute approximate surface area is 102 Å². The molecular weight excluding hydrogens is 220 g/mol. The molecule has 0 aromatic rings. The van der Waals surface area contributed by atoms with Crippen molar-refractivity contribution in [2.45, 2.75) is 38.0 Å². The molecule has 3 nitrogen and oxygen atoms in total. The molecule has 2 saturated heterocycles. The average molecular weight is 242 g/mol. The van der Waals surface area contributed by atoms with Crippen molar-refractivity contribution in [2.24, 2.45) is 5.92 Å². The summed E-state index contributed by atoms with van der Waals surface area (Å²) in [6.45, 7) is 7.22. The lowest BCUT2D eigenvalue weighted by Crippen LogP contribution is -2.50. The molecule has 2 aliphatic rings. The molecule has 0 radical (unpaired) electrons. The number of hydrogen-bond donors (Lipinski definition) is 1. The highest BCUT2D eigenvalue weighted by Gasteiger charge is 2.38. The van der Waals surface area contributed by atoms with Gasteiger partial charge in [0.25, 0.3) is 0 Å². The van der Waals surface area contributed by atoms with E-state index in [2.05, 4.69) is 19.2 Å². The van der Waals surface area contributed by atoms with E-state index in [1.165, 1.54) is 5.75 Å². The van der Waals surface area contributed by atoms with Crippen molar-refractivity contribution < 1.29 is 4.79 Å². The molecule has 1 amide bonds. The molecule has 92 valence electrons. The van der Waals surface area contributed by atoms with Gasteiger partial charge in [-0.05, 0) is 18.8 Å². The molecule has 2 heterocycles. The minimum atomic E-state index is 0.300. The third-order valence-corrected chi connectivity index (χ3v) is 4.95. The van der Waals surface area contributed by atoms with Crippen LogP contribution in [-0.2, 0) is 4.79 Å². The fourth-order valence-electron chi connectivity index (χ4n) is 2.49. The summed E-state index contributed by atoms with van der Waals surface area (Å²) < 4.78 is 0. The smallest absolute Gasteiger partial charge is 0.222 e. The molecule has 1 N–H and O–H groups in total. The zero-order valence-corrected chi connectivity index (χ0v) is 11.1. The quantitative estimate of drug-likeness (QED) is 0.800. The largest absolute Gasteiger partial charge is 0.342 e. The second-order valence-electron chi connectivity index (χ2n) is 5.25. The molecule has 16 heavy (non-hydrogen) atoms. The third kappa shape index (κ3) is 2.72. The molecule has 0 aliphatic carbocycles. The van der Waals surface area contributed by atoms with Gasteiger partial charge in [0, 0.05) is 31.8 Å². The van der Waals surface area contributed by atoms with Crippen molar-refractivity contribution in [1.29, 1.82) is 0 Å². The maximum absolute atomic E-state index is 11.9. The predicted molar refractivity (Wildman–Crippen MR) is 68.5 cm³/mol. The van der Waals surface area contributed by atoms with Gasteiger partial charge in [0.05, 0.1) is 4.87 Å². The van der Waals surface area contributed by atoms with Crippen molar-refractivity contribution >= 4 is 17.7 Å². The number of amides is 1. The summed E-state index contributed by atoms with van der Waals surface area (Å²) in [5, 5.41) is 3.60. The fourth-order valence-corrected chi connectivity index (χ4v) is 3.76. The number of piperidine rings is 1. The number of nitrogens with zero attached hydrogens (tertiary/aromatic N) is 1. The van der Waals surface area contributed by atoms with Crippen molar-refractivity contribution in [3.8, 4) is 0 Å². The van der Waals surface area contributed by atoms with Crippen LogP contribution in [0.2, 0.25) is 0 Å². The van der Waals surface area contributed by atoms with Gasteiger partial charge in [-0.2, -0.15) is 0 Å². The third-order valence-electron chi connectivity index (χ3n) is 3.43. The highest BCUT2D eigenvalue weighted by Crippen LogP contribution is 2.36. The molecule has 0 unspecified atom stereocenters. The highest BCUT2D eigenvalue weighted by atomic mass is 32.2. The molecular formula is C12H22N2OS. The molecule has 2 rings (SSSR count). The Morgan fingerprint density at radius 2 is 2.12 bits per heavy atom. The van der Waals surface area contributed by atoms with Gasteiger partial charge in [0.2, 0.25) is 5.91 Å². The Balaban J connectivity index is 1.82. The summed E-state index contributed by atoms with van der Waals surface area (Å²) >= 11 is 2.04. The lowest BCUT2D eigenvalue weighted by molar-refractivity contribution is -0.133. The van der Waals surface area contributed by atoms with Gasteiger partial charge < -0.3 is 10.2 Å². The van der Waals surface area contributed by atoms with E-state index in [0.29, 0.717) is 23.1 Å². The summed E-state index contributed by atoms with van der Waals surface area (Å²) in [7, 11) is 0. The first-order valence-electron chi connectivity index (χ1n) is 6.28. The lowest BCUT2D eigenvalue weighted by atomic mass is 10.0. The van der Waals surface area contributed by atoms with Gasteiger partial charge >= 0.3 is 0 Å². The van der Waals surface area contributed by atoms with Crippen LogP contribution in [0.25, 0.3) is 0 Å². The number of thioether (sulfide) groups is 1. The van der Waals surface area contributed by atoms with Crippen LogP contribution in [-0.4, -0.2) is 41.1 Å². The first-order valence-corrected chi connectivity index (χ1v) is 7.27. The minimum Gasteiger partial charge on any atom is -0.342 e. The van der Waals surface area contributed by atoms with Gasteiger partial charge in [0.1, 0.15) is 0 Å². The van der Waals surface area contributed by atoms with Crippen molar-refractivity contribution in [1.82, 2.24) is 10.2 Å². The maximum Gasteiger partial charge on any atom is 0.222 e. The first-order chi connectivity index (χ1) is 7.61. The van der Waals surface area contributed by atoms with E-state index in [1.807, 2.05) is 16.7 Å². The molecule has 0 saturated carbocycles. The van der Waals surface area contributed by atoms with Gasteiger partial charge in [-0.1, -0.05) is 13.8 Å². The average Bonchev–Trinajstić information content (AvgIpc) is 2.66. The van der Waals surface area contributed by atoms with Gasteiger partial charge in [-0.15, -0.1) is 11.8 Å². The van der Waals surface area contributed by atoms with Crippen LogP contribution in [0.1, 0.15) is 33.1 Å². The monoisotopic (exact) mass is 242 g/mol. The SMILES string of the molecule is CC(C)CC(=O)N1CCC2(CC1)NCCS2. The van der Waals surface area contributed by atoms with Crippen LogP contribution in [0.3, 0.4) is 0 Å². The zero-order valence-electron chi connectivity index (χ0n) is 10.3. The summed E-state index contributed by atoms with van der Waals surface area (Å²) in [4.78, 5) is 14.3. The molecule has 0 aromatic carbocycles. The molecule has 0 aromatic heterocycles. The standard InChI is InChI=1S/C12H22N2OS/c1-10(2)9-11(15)14-6-3-12(4-7-14)13-5-8-16-12/h10,13H,3-9H2,1-2H3. The van der Waals surface area contributed by atoms with Crippen molar-refractivity contribution in [3.05, 3.63) is 0 Å². The Kier molecular flexibility index (Phi) is 3.80. The number of nitrogens with one attached hydrogen (secondary N) is 1. The number of hydrogen-bond acceptors (Lipinski definition) is 3. The normalized spacial score (nSPS) is 24.3. The number of rotatable bonds is 2. The Morgan fingerprint density at radius 1 is 1.44 bits per heavy atom. The predicted octanol–water partition coefficient (Wildman–Crippen LogP) is 1.69. The number of likely N-dealkylation sites (tertiary alicyclic amines) is 1. The Bertz CT molecular complexity index is 252. The van der Waals surface area contributed by atoms with E-state index in [9.17, 15) is 4.79 Å². The van der Waals surface area contributed by atoms with Gasteiger partial charge in [0.15, 0.2) is 0 Å². The van der Waals surface area contributed by atoms with E-state index in [4.69, 9.17) is 0 Å². The van der Waals surface area contributed by atoms with Crippen LogP contribution >= 0.6 is 11.8 Å². The molecule has 2 aliphatic heterocycles. The maximum atomic E-state index is 11.9. The van der Waals surface area contributed by atoms with Crippen LogP contribution in [0.15, 0.2) is 0 Å².